The van der Waals surface area contributed by atoms with Gasteiger partial charge < -0.3 is 10.2 Å². The average molecular weight is 332 g/mol. The molecule has 0 atom stereocenters. The van der Waals surface area contributed by atoms with E-state index in [1.165, 1.54) is 15.9 Å². The minimum absolute atomic E-state index is 0.00142. The molecule has 3 rings (SSSR count). The van der Waals surface area contributed by atoms with E-state index in [-0.39, 0.29) is 18.8 Å². The van der Waals surface area contributed by atoms with E-state index >= 15 is 0 Å². The van der Waals surface area contributed by atoms with Crippen molar-refractivity contribution in [2.45, 2.75) is 13.0 Å². The Kier molecular flexibility index (Phi) is 3.91. The van der Waals surface area contributed by atoms with Crippen molar-refractivity contribution in [1.29, 1.82) is 0 Å². The number of aromatic hydroxyl groups is 1. The standard InChI is InChI=1S/C15H12N2O3S2/c18-13(19)5-6-17-14(20)12(22-15(17)21)7-9-8-16-11-4-2-1-3-10(9)11/h1-4,7-8,20H,5-6H2,(H,18,19)/b9-7+. The molecule has 1 aliphatic heterocycles. The van der Waals surface area contributed by atoms with Crippen LogP contribution in [0.15, 0.2) is 29.3 Å². The SMILES string of the molecule is O=C(O)CCn1c(O)c(/C=C2\C=Nc3ccccc32)sc1=S. The molecular formula is C15H12N2O3S2. The second-order valence-corrected chi connectivity index (χ2v) is 6.40. The third kappa shape index (κ3) is 2.72. The van der Waals surface area contributed by atoms with Gasteiger partial charge in [-0.25, -0.2) is 0 Å². The van der Waals surface area contributed by atoms with E-state index in [1.54, 1.807) is 6.21 Å². The number of aliphatic imine (C=N–C) groups is 1. The van der Waals surface area contributed by atoms with E-state index in [0.717, 1.165) is 16.8 Å². The molecule has 2 aromatic rings. The molecular weight excluding hydrogens is 320 g/mol. The van der Waals surface area contributed by atoms with Gasteiger partial charge in [0.2, 0.25) is 5.88 Å². The van der Waals surface area contributed by atoms with Crippen LogP contribution in [0.5, 0.6) is 5.88 Å². The molecule has 0 saturated carbocycles. The fourth-order valence-electron chi connectivity index (χ4n) is 2.21. The van der Waals surface area contributed by atoms with Crippen molar-refractivity contribution in [2.24, 2.45) is 4.99 Å². The van der Waals surface area contributed by atoms with Gasteiger partial charge in [-0.15, -0.1) is 11.3 Å². The number of aromatic nitrogens is 1. The maximum Gasteiger partial charge on any atom is 0.305 e. The molecule has 1 aliphatic rings. The van der Waals surface area contributed by atoms with E-state index in [9.17, 15) is 9.90 Å². The molecule has 0 unspecified atom stereocenters. The first-order chi connectivity index (χ1) is 10.6. The first-order valence-electron chi connectivity index (χ1n) is 6.56. The lowest BCUT2D eigenvalue weighted by Gasteiger charge is -2.02. The van der Waals surface area contributed by atoms with Crippen LogP contribution in [0, 0.1) is 3.95 Å². The maximum absolute atomic E-state index is 10.7. The second-order valence-electron chi connectivity index (χ2n) is 4.73. The Hall–Kier alpha value is -2.25. The Labute approximate surface area is 135 Å². The average Bonchev–Trinajstić information content (AvgIpc) is 3.00. The van der Waals surface area contributed by atoms with Gasteiger partial charge >= 0.3 is 5.97 Å². The molecule has 1 aromatic carbocycles. The molecule has 1 aromatic heterocycles. The van der Waals surface area contributed by atoms with Crippen LogP contribution in [-0.2, 0) is 11.3 Å². The fourth-order valence-corrected chi connectivity index (χ4v) is 3.52. The summed E-state index contributed by atoms with van der Waals surface area (Å²) in [7, 11) is 0. The summed E-state index contributed by atoms with van der Waals surface area (Å²) >= 11 is 6.45. The molecule has 112 valence electrons. The summed E-state index contributed by atoms with van der Waals surface area (Å²) in [4.78, 5) is 15.6. The number of benzene rings is 1. The Morgan fingerprint density at radius 3 is 2.95 bits per heavy atom. The number of para-hydroxylation sites is 1. The largest absolute Gasteiger partial charge is 0.493 e. The van der Waals surface area contributed by atoms with Gasteiger partial charge in [0.15, 0.2) is 3.95 Å². The highest BCUT2D eigenvalue weighted by atomic mass is 32.1. The van der Waals surface area contributed by atoms with Crippen LogP contribution in [0.2, 0.25) is 0 Å². The zero-order valence-electron chi connectivity index (χ0n) is 11.4. The first kappa shape index (κ1) is 14.7. The molecule has 2 N–H and O–H groups in total. The summed E-state index contributed by atoms with van der Waals surface area (Å²) in [5.74, 6) is -0.925. The van der Waals surface area contributed by atoms with Crippen molar-refractivity contribution in [3.05, 3.63) is 38.7 Å². The summed E-state index contributed by atoms with van der Waals surface area (Å²) in [6, 6.07) is 7.74. The van der Waals surface area contributed by atoms with Crippen molar-refractivity contribution in [3.8, 4) is 5.88 Å². The van der Waals surface area contributed by atoms with Crippen molar-refractivity contribution in [1.82, 2.24) is 4.57 Å². The van der Waals surface area contributed by atoms with E-state index in [2.05, 4.69) is 4.99 Å². The van der Waals surface area contributed by atoms with Crippen LogP contribution in [0.1, 0.15) is 16.9 Å². The van der Waals surface area contributed by atoms with Gasteiger partial charge in [0.1, 0.15) is 0 Å². The number of hydrogen-bond donors (Lipinski definition) is 2. The smallest absolute Gasteiger partial charge is 0.305 e. The lowest BCUT2D eigenvalue weighted by Crippen LogP contribution is -2.03. The normalized spacial score (nSPS) is 14.5. The number of hydrogen-bond acceptors (Lipinski definition) is 5. The minimum atomic E-state index is -0.927. The molecule has 0 saturated heterocycles. The molecule has 0 radical (unpaired) electrons. The van der Waals surface area contributed by atoms with Gasteiger partial charge in [-0.3, -0.25) is 14.4 Å². The number of aliphatic carboxylic acids is 1. The number of rotatable bonds is 4. The number of allylic oxidation sites excluding steroid dienone is 1. The summed E-state index contributed by atoms with van der Waals surface area (Å²) in [5.41, 5.74) is 2.79. The summed E-state index contributed by atoms with van der Waals surface area (Å²) in [6.07, 6.45) is 3.48. The Morgan fingerprint density at radius 2 is 2.18 bits per heavy atom. The fraction of sp³-hybridized carbons (Fsp3) is 0.133. The predicted octanol–water partition coefficient (Wildman–Crippen LogP) is 3.72. The lowest BCUT2D eigenvalue weighted by atomic mass is 10.1. The number of carboxylic acids is 1. The number of carboxylic acid groups (broad SMARTS) is 1. The predicted molar refractivity (Wildman–Crippen MR) is 89.5 cm³/mol. The molecule has 22 heavy (non-hydrogen) atoms. The van der Waals surface area contributed by atoms with Crippen LogP contribution in [0.4, 0.5) is 5.69 Å². The number of nitrogens with zero attached hydrogens (tertiary/aromatic N) is 2. The van der Waals surface area contributed by atoms with Crippen LogP contribution in [0.25, 0.3) is 11.6 Å². The van der Waals surface area contributed by atoms with E-state index in [4.69, 9.17) is 17.3 Å². The van der Waals surface area contributed by atoms with Gasteiger partial charge in [-0.2, -0.15) is 0 Å². The van der Waals surface area contributed by atoms with Gasteiger partial charge in [-0.1, -0.05) is 18.2 Å². The number of thiazole rings is 1. The quantitative estimate of drug-likeness (QED) is 0.837. The molecule has 5 nitrogen and oxygen atoms in total. The highest BCUT2D eigenvalue weighted by Gasteiger charge is 2.15. The van der Waals surface area contributed by atoms with Gasteiger partial charge in [0.25, 0.3) is 0 Å². The Morgan fingerprint density at radius 1 is 1.41 bits per heavy atom. The Balaban J connectivity index is 1.96. The number of carbonyl (C=O) groups is 1. The zero-order chi connectivity index (χ0) is 15.7. The van der Waals surface area contributed by atoms with Gasteiger partial charge in [0.05, 0.1) is 17.0 Å². The third-order valence-corrected chi connectivity index (χ3v) is 4.67. The van der Waals surface area contributed by atoms with E-state index in [0.29, 0.717) is 8.83 Å². The molecule has 7 heteroatoms. The van der Waals surface area contributed by atoms with Crippen LogP contribution in [0.3, 0.4) is 0 Å². The molecule has 0 fully saturated rings. The molecule has 0 aliphatic carbocycles. The highest BCUT2D eigenvalue weighted by molar-refractivity contribution is 7.73. The van der Waals surface area contributed by atoms with Crippen LogP contribution >= 0.6 is 23.6 Å². The molecule has 0 spiro atoms. The van der Waals surface area contributed by atoms with Crippen LogP contribution in [-0.4, -0.2) is 27.0 Å². The topological polar surface area (TPSA) is 74.8 Å². The monoisotopic (exact) mass is 332 g/mol. The third-order valence-electron chi connectivity index (χ3n) is 3.29. The summed E-state index contributed by atoms with van der Waals surface area (Å²) < 4.78 is 1.90. The van der Waals surface area contributed by atoms with Crippen molar-refractivity contribution < 1.29 is 15.0 Å². The summed E-state index contributed by atoms with van der Waals surface area (Å²) in [5, 5.41) is 19.0. The maximum atomic E-state index is 10.7. The minimum Gasteiger partial charge on any atom is -0.493 e. The molecule has 2 heterocycles. The first-order valence-corrected chi connectivity index (χ1v) is 7.78. The van der Waals surface area contributed by atoms with Gasteiger partial charge in [0, 0.05) is 23.9 Å². The second kappa shape index (κ2) is 5.86. The van der Waals surface area contributed by atoms with E-state index < -0.39 is 5.97 Å². The summed E-state index contributed by atoms with van der Waals surface area (Å²) in [6.45, 7) is 0.157. The Bertz CT molecular complexity index is 862. The number of fused-ring (bicyclic) bond motifs is 1. The van der Waals surface area contributed by atoms with Gasteiger partial charge in [-0.05, 0) is 24.4 Å². The molecule has 0 bridgehead atoms. The molecule has 0 amide bonds. The highest BCUT2D eigenvalue weighted by Crippen LogP contribution is 2.35. The zero-order valence-corrected chi connectivity index (χ0v) is 13.0. The lowest BCUT2D eigenvalue weighted by molar-refractivity contribution is -0.137. The van der Waals surface area contributed by atoms with E-state index in [1.807, 2.05) is 30.3 Å². The van der Waals surface area contributed by atoms with Crippen molar-refractivity contribution in [2.75, 3.05) is 0 Å². The van der Waals surface area contributed by atoms with Crippen molar-refractivity contribution in [3.63, 3.8) is 0 Å². The van der Waals surface area contributed by atoms with Crippen molar-refractivity contribution >= 4 is 53.1 Å². The van der Waals surface area contributed by atoms with Crippen LogP contribution < -0.4 is 0 Å².